The van der Waals surface area contributed by atoms with Crippen LogP contribution in [-0.4, -0.2) is 46.4 Å². The molecular formula is C18H22N2O2S2. The van der Waals surface area contributed by atoms with E-state index in [1.54, 1.807) is 4.90 Å². The predicted molar refractivity (Wildman–Crippen MR) is 103 cm³/mol. The molecule has 0 bridgehead atoms. The molecule has 128 valence electrons. The van der Waals surface area contributed by atoms with Gasteiger partial charge in [-0.1, -0.05) is 42.5 Å². The molecule has 0 spiro atoms. The lowest BCUT2D eigenvalue weighted by Gasteiger charge is -2.29. The number of carbonyl (C=O) groups is 1. The predicted octanol–water partition coefficient (Wildman–Crippen LogP) is 3.73. The average Bonchev–Trinajstić information content (AvgIpc) is 2.85. The van der Waals surface area contributed by atoms with E-state index in [-0.39, 0.29) is 5.91 Å². The maximum atomic E-state index is 12.7. The summed E-state index contributed by atoms with van der Waals surface area (Å²) in [5.74, 6) is 0.858. The van der Waals surface area contributed by atoms with E-state index >= 15 is 0 Å². The first kappa shape index (κ1) is 17.5. The van der Waals surface area contributed by atoms with E-state index in [0.717, 1.165) is 24.4 Å². The van der Waals surface area contributed by atoms with Crippen molar-refractivity contribution in [3.63, 3.8) is 0 Å². The normalized spacial score (nSPS) is 20.9. The van der Waals surface area contributed by atoms with E-state index in [4.69, 9.17) is 17.0 Å². The molecule has 1 aromatic rings. The van der Waals surface area contributed by atoms with Gasteiger partial charge < -0.3 is 4.74 Å². The molecule has 0 N–H and O–H groups in total. The SMILES string of the molecule is CCOc1ccc(/C=C2\SC(=S)N(CN3CCCCC3)C2=O)cc1. The maximum Gasteiger partial charge on any atom is 0.267 e. The number of hydrogen-bond donors (Lipinski definition) is 0. The van der Waals surface area contributed by atoms with Gasteiger partial charge in [0.15, 0.2) is 0 Å². The first-order valence-electron chi connectivity index (χ1n) is 8.38. The molecule has 0 aromatic heterocycles. The standard InChI is InChI=1S/C18H22N2O2S2/c1-2-22-15-8-6-14(7-9-15)12-16-17(21)20(18(23)24-16)13-19-10-4-3-5-11-19/h6-9,12H,2-5,10-11,13H2,1H3/b16-12-. The highest BCUT2D eigenvalue weighted by atomic mass is 32.2. The Labute approximate surface area is 152 Å². The number of nitrogens with zero attached hydrogens (tertiary/aromatic N) is 2. The largest absolute Gasteiger partial charge is 0.494 e. The number of hydrogen-bond acceptors (Lipinski definition) is 5. The summed E-state index contributed by atoms with van der Waals surface area (Å²) in [6.45, 7) is 5.32. The number of piperidine rings is 1. The monoisotopic (exact) mass is 362 g/mol. The molecule has 0 unspecified atom stereocenters. The number of thioether (sulfide) groups is 1. The van der Waals surface area contributed by atoms with Gasteiger partial charge in [-0.2, -0.15) is 0 Å². The number of likely N-dealkylation sites (tertiary alicyclic amines) is 1. The fourth-order valence-corrected chi connectivity index (χ4v) is 4.14. The molecule has 2 fully saturated rings. The van der Waals surface area contributed by atoms with Crippen molar-refractivity contribution in [2.45, 2.75) is 26.2 Å². The summed E-state index contributed by atoms with van der Waals surface area (Å²) < 4.78 is 6.10. The van der Waals surface area contributed by atoms with E-state index in [9.17, 15) is 4.79 Å². The summed E-state index contributed by atoms with van der Waals surface area (Å²) >= 11 is 6.81. The number of rotatable bonds is 5. The highest BCUT2D eigenvalue weighted by molar-refractivity contribution is 8.26. The summed E-state index contributed by atoms with van der Waals surface area (Å²) in [7, 11) is 0. The zero-order chi connectivity index (χ0) is 16.9. The Hall–Kier alpha value is -1.37. The van der Waals surface area contributed by atoms with E-state index in [0.29, 0.717) is 22.5 Å². The minimum absolute atomic E-state index is 0.0180. The molecule has 2 heterocycles. The van der Waals surface area contributed by atoms with E-state index in [1.807, 2.05) is 37.3 Å². The second-order valence-electron chi connectivity index (χ2n) is 5.93. The molecule has 4 nitrogen and oxygen atoms in total. The lowest BCUT2D eigenvalue weighted by Crippen LogP contribution is -2.42. The van der Waals surface area contributed by atoms with Crippen LogP contribution in [0.3, 0.4) is 0 Å². The first-order chi connectivity index (χ1) is 11.7. The molecule has 3 rings (SSSR count). The van der Waals surface area contributed by atoms with Crippen LogP contribution in [0.15, 0.2) is 29.2 Å². The summed E-state index contributed by atoms with van der Waals surface area (Å²) in [5.41, 5.74) is 0.983. The number of benzene rings is 1. The lowest BCUT2D eigenvalue weighted by atomic mass is 10.1. The van der Waals surface area contributed by atoms with Gasteiger partial charge in [-0.15, -0.1) is 0 Å². The van der Waals surface area contributed by atoms with Gasteiger partial charge in [0.25, 0.3) is 5.91 Å². The smallest absolute Gasteiger partial charge is 0.267 e. The van der Waals surface area contributed by atoms with Crippen LogP contribution < -0.4 is 4.74 Å². The fraction of sp³-hybridized carbons (Fsp3) is 0.444. The molecule has 0 aliphatic carbocycles. The van der Waals surface area contributed by atoms with Crippen molar-refractivity contribution in [1.82, 2.24) is 9.80 Å². The fourth-order valence-electron chi connectivity index (χ4n) is 2.90. The minimum Gasteiger partial charge on any atom is -0.494 e. The topological polar surface area (TPSA) is 32.8 Å². The van der Waals surface area contributed by atoms with Gasteiger partial charge in [-0.25, -0.2) is 0 Å². The Bertz CT molecular complexity index is 637. The zero-order valence-corrected chi connectivity index (χ0v) is 15.5. The highest BCUT2D eigenvalue weighted by Crippen LogP contribution is 2.33. The molecule has 2 aliphatic heterocycles. The second kappa shape index (κ2) is 8.14. The Morgan fingerprint density at radius 1 is 1.21 bits per heavy atom. The molecule has 2 aliphatic rings. The number of thiocarbonyl (C=S) groups is 1. The van der Waals surface area contributed by atoms with Gasteiger partial charge in [-0.3, -0.25) is 14.6 Å². The molecule has 1 aromatic carbocycles. The van der Waals surface area contributed by atoms with Crippen molar-refractivity contribution in [1.29, 1.82) is 0 Å². The van der Waals surface area contributed by atoms with Crippen LogP contribution >= 0.6 is 24.0 Å². The second-order valence-corrected chi connectivity index (χ2v) is 7.61. The molecule has 24 heavy (non-hydrogen) atoms. The van der Waals surface area contributed by atoms with Gasteiger partial charge in [0.1, 0.15) is 10.1 Å². The molecule has 2 saturated heterocycles. The number of amides is 1. The van der Waals surface area contributed by atoms with Crippen molar-refractivity contribution >= 4 is 40.3 Å². The summed E-state index contributed by atoms with van der Waals surface area (Å²) in [6.07, 6.45) is 5.60. The van der Waals surface area contributed by atoms with Crippen molar-refractivity contribution in [3.05, 3.63) is 34.7 Å². The average molecular weight is 363 g/mol. The molecule has 0 saturated carbocycles. The third kappa shape index (κ3) is 4.18. The zero-order valence-electron chi connectivity index (χ0n) is 13.9. The quantitative estimate of drug-likeness (QED) is 0.589. The third-order valence-corrected chi connectivity index (χ3v) is 5.53. The summed E-state index contributed by atoms with van der Waals surface area (Å²) in [6, 6.07) is 7.76. The van der Waals surface area contributed by atoms with Crippen molar-refractivity contribution in [2.24, 2.45) is 0 Å². The summed E-state index contributed by atoms with van der Waals surface area (Å²) in [5, 5.41) is 0. The third-order valence-electron chi connectivity index (χ3n) is 4.15. The highest BCUT2D eigenvalue weighted by Gasteiger charge is 2.33. The first-order valence-corrected chi connectivity index (χ1v) is 9.60. The van der Waals surface area contributed by atoms with Gasteiger partial charge in [0.05, 0.1) is 18.2 Å². The maximum absolute atomic E-state index is 12.7. The number of carbonyl (C=O) groups excluding carboxylic acids is 1. The van der Waals surface area contributed by atoms with Crippen molar-refractivity contribution in [2.75, 3.05) is 26.4 Å². The Kier molecular flexibility index (Phi) is 5.92. The van der Waals surface area contributed by atoms with Crippen LogP contribution in [-0.2, 0) is 4.79 Å². The Morgan fingerprint density at radius 3 is 2.58 bits per heavy atom. The lowest BCUT2D eigenvalue weighted by molar-refractivity contribution is -0.123. The van der Waals surface area contributed by atoms with Crippen LogP contribution in [0.5, 0.6) is 5.75 Å². The van der Waals surface area contributed by atoms with Crippen LogP contribution in [0.4, 0.5) is 0 Å². The van der Waals surface area contributed by atoms with Crippen LogP contribution in [0.25, 0.3) is 6.08 Å². The van der Waals surface area contributed by atoms with Gasteiger partial charge in [-0.05, 0) is 56.6 Å². The minimum atomic E-state index is 0.0180. The van der Waals surface area contributed by atoms with Crippen molar-refractivity contribution in [3.8, 4) is 5.75 Å². The van der Waals surface area contributed by atoms with Crippen molar-refractivity contribution < 1.29 is 9.53 Å². The van der Waals surface area contributed by atoms with Crippen LogP contribution in [0, 0.1) is 0 Å². The van der Waals surface area contributed by atoms with E-state index in [2.05, 4.69) is 4.90 Å². The summed E-state index contributed by atoms with van der Waals surface area (Å²) in [4.78, 5) is 17.4. The Balaban J connectivity index is 1.68. The van der Waals surface area contributed by atoms with E-state index < -0.39 is 0 Å². The molecule has 6 heteroatoms. The Morgan fingerprint density at radius 2 is 1.92 bits per heavy atom. The van der Waals surface area contributed by atoms with Gasteiger partial charge >= 0.3 is 0 Å². The molecular weight excluding hydrogens is 340 g/mol. The van der Waals surface area contributed by atoms with E-state index in [1.165, 1.54) is 31.0 Å². The molecule has 1 amide bonds. The van der Waals surface area contributed by atoms with Crippen LogP contribution in [0.1, 0.15) is 31.7 Å². The number of ether oxygens (including phenoxy) is 1. The van der Waals surface area contributed by atoms with Crippen LogP contribution in [0.2, 0.25) is 0 Å². The molecule has 0 atom stereocenters. The van der Waals surface area contributed by atoms with Gasteiger partial charge in [0.2, 0.25) is 0 Å². The van der Waals surface area contributed by atoms with Gasteiger partial charge in [0, 0.05) is 0 Å². The molecule has 0 radical (unpaired) electrons.